The van der Waals surface area contributed by atoms with Crippen LogP contribution in [0.4, 0.5) is 10.2 Å². The van der Waals surface area contributed by atoms with Gasteiger partial charge in [0.15, 0.2) is 0 Å². The first-order chi connectivity index (χ1) is 8.13. The van der Waals surface area contributed by atoms with Gasteiger partial charge in [0.05, 0.1) is 12.1 Å². The van der Waals surface area contributed by atoms with E-state index in [4.69, 9.17) is 0 Å². The van der Waals surface area contributed by atoms with Gasteiger partial charge in [-0.05, 0) is 43.7 Å². The lowest BCUT2D eigenvalue weighted by Gasteiger charge is -2.39. The number of pyridine rings is 1. The van der Waals surface area contributed by atoms with Crippen molar-refractivity contribution in [3.63, 3.8) is 0 Å². The third-order valence-corrected chi connectivity index (χ3v) is 3.64. The molecule has 0 unspecified atom stereocenters. The molecule has 2 N–H and O–H groups in total. The molecule has 0 radical (unpaired) electrons. The molecule has 0 spiro atoms. The van der Waals surface area contributed by atoms with Gasteiger partial charge in [0.1, 0.15) is 5.82 Å². The number of halogens is 1. The molecular weight excluding hydrogens is 219 g/mol. The van der Waals surface area contributed by atoms with Crippen LogP contribution in [0.25, 0.3) is 0 Å². The van der Waals surface area contributed by atoms with E-state index in [2.05, 4.69) is 17.2 Å². The lowest BCUT2D eigenvalue weighted by Crippen LogP contribution is -2.45. The van der Waals surface area contributed by atoms with Gasteiger partial charge in [-0.3, -0.25) is 0 Å². The van der Waals surface area contributed by atoms with Crippen molar-refractivity contribution in [2.24, 2.45) is 5.92 Å². The summed E-state index contributed by atoms with van der Waals surface area (Å²) in [7, 11) is 0. The van der Waals surface area contributed by atoms with Crippen molar-refractivity contribution in [2.75, 3.05) is 11.9 Å². The number of nitrogens with zero attached hydrogens (tertiary/aromatic N) is 1. The van der Waals surface area contributed by atoms with Crippen LogP contribution >= 0.6 is 0 Å². The van der Waals surface area contributed by atoms with Crippen LogP contribution in [0.3, 0.4) is 0 Å². The third kappa shape index (κ3) is 2.94. The molecule has 0 saturated heterocycles. The predicted octanol–water partition coefficient (Wildman–Crippen LogP) is 2.57. The molecule has 1 saturated carbocycles. The highest BCUT2D eigenvalue weighted by Gasteiger charge is 2.33. The Labute approximate surface area is 101 Å². The minimum Gasteiger partial charge on any atom is -0.394 e. The molecule has 0 atom stereocenters. The molecule has 0 bridgehead atoms. The molecule has 2 rings (SSSR count). The SMILES string of the molecule is CC1CCC(CO)(Nc2cccc(F)n2)CC1. The standard InChI is InChI=1S/C13H19FN2O/c1-10-5-7-13(9-17,8-6-10)16-12-4-2-3-11(14)15-12/h2-4,10,17H,5-9H2,1H3,(H,15,16). The zero-order valence-corrected chi connectivity index (χ0v) is 10.1. The van der Waals surface area contributed by atoms with E-state index in [1.165, 1.54) is 6.07 Å². The van der Waals surface area contributed by atoms with E-state index in [0.29, 0.717) is 11.7 Å². The first-order valence-electron chi connectivity index (χ1n) is 6.15. The van der Waals surface area contributed by atoms with E-state index in [9.17, 15) is 9.50 Å². The van der Waals surface area contributed by atoms with Gasteiger partial charge in [0.25, 0.3) is 0 Å². The van der Waals surface area contributed by atoms with Gasteiger partial charge >= 0.3 is 0 Å². The van der Waals surface area contributed by atoms with Crippen LogP contribution in [-0.2, 0) is 0 Å². The molecule has 94 valence electrons. The smallest absolute Gasteiger partial charge is 0.214 e. The first kappa shape index (κ1) is 12.3. The summed E-state index contributed by atoms with van der Waals surface area (Å²) in [5, 5.41) is 12.8. The Balaban J connectivity index is 2.09. The number of aliphatic hydroxyl groups excluding tert-OH is 1. The zero-order chi connectivity index (χ0) is 12.3. The van der Waals surface area contributed by atoms with Crippen molar-refractivity contribution >= 4 is 5.82 Å². The first-order valence-corrected chi connectivity index (χ1v) is 6.15. The molecule has 1 aromatic heterocycles. The Hall–Kier alpha value is -1.16. The number of hydrogen-bond donors (Lipinski definition) is 2. The van der Waals surface area contributed by atoms with E-state index >= 15 is 0 Å². The molecule has 1 aromatic rings. The second kappa shape index (κ2) is 5.00. The minimum atomic E-state index is -0.493. The number of hydrogen-bond acceptors (Lipinski definition) is 3. The maximum absolute atomic E-state index is 13.0. The van der Waals surface area contributed by atoms with Gasteiger partial charge in [0, 0.05) is 0 Å². The monoisotopic (exact) mass is 238 g/mol. The Bertz CT molecular complexity index is 375. The second-order valence-corrected chi connectivity index (χ2v) is 5.09. The second-order valence-electron chi connectivity index (χ2n) is 5.09. The van der Waals surface area contributed by atoms with Crippen molar-refractivity contribution in [3.05, 3.63) is 24.1 Å². The lowest BCUT2D eigenvalue weighted by atomic mass is 9.77. The summed E-state index contributed by atoms with van der Waals surface area (Å²) in [6, 6.07) is 4.68. The van der Waals surface area contributed by atoms with E-state index in [1.54, 1.807) is 12.1 Å². The molecular formula is C13H19FN2O. The summed E-state index contributed by atoms with van der Waals surface area (Å²) < 4.78 is 13.0. The topological polar surface area (TPSA) is 45.1 Å². The molecule has 1 heterocycles. The summed E-state index contributed by atoms with van der Waals surface area (Å²) in [5.74, 6) is 0.720. The Morgan fingerprint density at radius 2 is 2.18 bits per heavy atom. The fourth-order valence-electron chi connectivity index (χ4n) is 2.39. The molecule has 0 aromatic carbocycles. The fraction of sp³-hybridized carbons (Fsp3) is 0.615. The van der Waals surface area contributed by atoms with E-state index in [0.717, 1.165) is 25.7 Å². The van der Waals surface area contributed by atoms with Gasteiger partial charge in [-0.25, -0.2) is 4.98 Å². The molecule has 0 amide bonds. The van der Waals surface area contributed by atoms with Gasteiger partial charge in [-0.15, -0.1) is 0 Å². The van der Waals surface area contributed by atoms with Crippen molar-refractivity contribution in [1.29, 1.82) is 0 Å². The predicted molar refractivity (Wildman–Crippen MR) is 65.3 cm³/mol. The van der Waals surface area contributed by atoms with Crippen molar-refractivity contribution < 1.29 is 9.50 Å². The maximum Gasteiger partial charge on any atom is 0.214 e. The third-order valence-electron chi connectivity index (χ3n) is 3.64. The maximum atomic E-state index is 13.0. The van der Waals surface area contributed by atoms with Crippen LogP contribution in [0.5, 0.6) is 0 Å². The van der Waals surface area contributed by atoms with Crippen LogP contribution < -0.4 is 5.32 Å². The van der Waals surface area contributed by atoms with Crippen LogP contribution in [-0.4, -0.2) is 22.2 Å². The average molecular weight is 238 g/mol. The van der Waals surface area contributed by atoms with E-state index in [-0.39, 0.29) is 12.1 Å². The highest BCUT2D eigenvalue weighted by Crippen LogP contribution is 2.33. The number of anilines is 1. The van der Waals surface area contributed by atoms with Crippen LogP contribution in [0.1, 0.15) is 32.6 Å². The van der Waals surface area contributed by atoms with Crippen LogP contribution in [0.15, 0.2) is 18.2 Å². The molecule has 1 fully saturated rings. The number of rotatable bonds is 3. The quantitative estimate of drug-likeness (QED) is 0.795. The van der Waals surface area contributed by atoms with Gasteiger partial charge in [-0.2, -0.15) is 4.39 Å². The molecule has 0 aliphatic heterocycles. The summed E-state index contributed by atoms with van der Waals surface area (Å²) in [6.45, 7) is 2.29. The van der Waals surface area contributed by atoms with E-state index < -0.39 is 5.95 Å². The Morgan fingerprint density at radius 1 is 1.47 bits per heavy atom. The summed E-state index contributed by atoms with van der Waals surface area (Å²) in [4.78, 5) is 3.79. The average Bonchev–Trinajstić information content (AvgIpc) is 2.33. The van der Waals surface area contributed by atoms with Crippen molar-refractivity contribution in [1.82, 2.24) is 4.98 Å². The Morgan fingerprint density at radius 3 is 2.76 bits per heavy atom. The normalized spacial score (nSPS) is 29.0. The van der Waals surface area contributed by atoms with Crippen LogP contribution in [0.2, 0.25) is 0 Å². The summed E-state index contributed by atoms with van der Waals surface area (Å²) in [5.41, 5.74) is -0.326. The lowest BCUT2D eigenvalue weighted by molar-refractivity contribution is 0.155. The molecule has 1 aliphatic carbocycles. The van der Waals surface area contributed by atoms with Crippen molar-refractivity contribution in [2.45, 2.75) is 38.1 Å². The Kier molecular flexibility index (Phi) is 3.62. The largest absolute Gasteiger partial charge is 0.394 e. The van der Waals surface area contributed by atoms with Crippen LogP contribution in [0, 0.1) is 11.9 Å². The van der Waals surface area contributed by atoms with Gasteiger partial charge in [-0.1, -0.05) is 13.0 Å². The summed E-state index contributed by atoms with van der Waals surface area (Å²) >= 11 is 0. The molecule has 3 nitrogen and oxygen atoms in total. The molecule has 4 heteroatoms. The highest BCUT2D eigenvalue weighted by molar-refractivity contribution is 5.37. The van der Waals surface area contributed by atoms with Crippen molar-refractivity contribution in [3.8, 4) is 0 Å². The summed E-state index contributed by atoms with van der Waals surface area (Å²) in [6.07, 6.45) is 3.98. The number of aromatic nitrogens is 1. The zero-order valence-electron chi connectivity index (χ0n) is 10.1. The highest BCUT2D eigenvalue weighted by atomic mass is 19.1. The van der Waals surface area contributed by atoms with Gasteiger partial charge in [0.2, 0.25) is 5.95 Å². The number of nitrogens with one attached hydrogen (secondary N) is 1. The molecule has 1 aliphatic rings. The number of aliphatic hydroxyl groups is 1. The van der Waals surface area contributed by atoms with Gasteiger partial charge < -0.3 is 10.4 Å². The minimum absolute atomic E-state index is 0.0674. The van der Waals surface area contributed by atoms with E-state index in [1.807, 2.05) is 0 Å². The molecule has 17 heavy (non-hydrogen) atoms. The fourth-order valence-corrected chi connectivity index (χ4v) is 2.39.